The molecule has 3 rings (SSSR count). The van der Waals surface area contributed by atoms with Crippen molar-refractivity contribution in [2.24, 2.45) is 5.73 Å². The minimum Gasteiger partial charge on any atom is -0.460 e. The maximum absolute atomic E-state index is 13.0. The molecule has 0 aliphatic carbocycles. The lowest BCUT2D eigenvalue weighted by Crippen LogP contribution is -2.68. The van der Waals surface area contributed by atoms with E-state index in [1.807, 2.05) is 20.8 Å². The van der Waals surface area contributed by atoms with Gasteiger partial charge in [0.1, 0.15) is 28.3 Å². The average Bonchev–Trinajstić information content (AvgIpc) is 3.14. The quantitative estimate of drug-likeness (QED) is 0.330. The van der Waals surface area contributed by atoms with Gasteiger partial charge in [0.2, 0.25) is 11.1 Å². The molecule has 2 aliphatic heterocycles. The fraction of sp³-hybridized carbons (Fsp3) is 0.700. The van der Waals surface area contributed by atoms with Crippen LogP contribution in [-0.2, 0) is 30.4 Å². The second-order valence-electron chi connectivity index (χ2n) is 9.70. The standard InChI is InChI=1S/C20H30N6O5S2/c1-19(2,3)30-12(27)7-8-25-18(22-23-24-25)33-10-11-9-32-16-13(21)15(28)26(16)14(11)17(29)31-20(4,5)6/h13,16H,7-10,21H2,1-6H3. The van der Waals surface area contributed by atoms with Crippen LogP contribution >= 0.6 is 23.5 Å². The number of hydrogen-bond donors (Lipinski definition) is 1. The first kappa shape index (κ1) is 25.5. The summed E-state index contributed by atoms with van der Waals surface area (Å²) in [6, 6.07) is -0.623. The van der Waals surface area contributed by atoms with Crippen LogP contribution in [0.25, 0.3) is 0 Å². The number of esters is 2. The number of rotatable bonds is 7. The van der Waals surface area contributed by atoms with Gasteiger partial charge in [-0.2, -0.15) is 0 Å². The van der Waals surface area contributed by atoms with Gasteiger partial charge in [0.05, 0.1) is 13.0 Å². The van der Waals surface area contributed by atoms with Crippen molar-refractivity contribution in [3.05, 3.63) is 11.3 Å². The van der Waals surface area contributed by atoms with E-state index in [9.17, 15) is 14.4 Å². The molecule has 33 heavy (non-hydrogen) atoms. The average molecular weight is 499 g/mol. The summed E-state index contributed by atoms with van der Waals surface area (Å²) in [5.41, 5.74) is 5.65. The molecule has 1 saturated heterocycles. The lowest BCUT2D eigenvalue weighted by atomic mass is 10.0. The second kappa shape index (κ2) is 9.63. The molecule has 11 nitrogen and oxygen atoms in total. The van der Waals surface area contributed by atoms with Crippen molar-refractivity contribution >= 4 is 41.4 Å². The predicted octanol–water partition coefficient (Wildman–Crippen LogP) is 1.34. The zero-order valence-corrected chi connectivity index (χ0v) is 21.3. The molecule has 3 heterocycles. The molecule has 2 unspecified atom stereocenters. The number of nitrogens with zero attached hydrogens (tertiary/aromatic N) is 5. The van der Waals surface area contributed by atoms with Crippen LogP contribution in [-0.4, -0.2) is 77.1 Å². The van der Waals surface area contributed by atoms with Gasteiger partial charge in [-0.15, -0.1) is 16.9 Å². The van der Waals surface area contributed by atoms with Gasteiger partial charge in [-0.05, 0) is 57.5 Å². The topological polar surface area (TPSA) is 143 Å². The van der Waals surface area contributed by atoms with E-state index in [2.05, 4.69) is 15.5 Å². The molecule has 2 atom stereocenters. The molecular weight excluding hydrogens is 468 g/mol. The van der Waals surface area contributed by atoms with E-state index in [-0.39, 0.29) is 35.9 Å². The van der Waals surface area contributed by atoms with E-state index in [0.717, 1.165) is 5.57 Å². The summed E-state index contributed by atoms with van der Waals surface area (Å²) in [4.78, 5) is 38.8. The Kier molecular flexibility index (Phi) is 7.44. The number of amides is 1. The molecule has 0 aromatic carbocycles. The van der Waals surface area contributed by atoms with E-state index < -0.39 is 23.2 Å². The maximum atomic E-state index is 13.0. The van der Waals surface area contributed by atoms with Gasteiger partial charge in [-0.1, -0.05) is 11.8 Å². The number of aryl methyl sites for hydroxylation is 1. The molecule has 1 aromatic heterocycles. The largest absolute Gasteiger partial charge is 0.460 e. The van der Waals surface area contributed by atoms with Crippen LogP contribution in [0.15, 0.2) is 16.4 Å². The molecule has 1 amide bonds. The zero-order chi connectivity index (χ0) is 24.6. The smallest absolute Gasteiger partial charge is 0.355 e. The molecule has 0 radical (unpaired) electrons. The highest BCUT2D eigenvalue weighted by Gasteiger charge is 2.52. The van der Waals surface area contributed by atoms with E-state index in [4.69, 9.17) is 15.2 Å². The molecule has 1 aromatic rings. The number of hydrogen-bond acceptors (Lipinski definition) is 11. The summed E-state index contributed by atoms with van der Waals surface area (Å²) in [6.07, 6.45) is 0.124. The number of tetrazole rings is 1. The SMILES string of the molecule is CC(C)(C)OC(=O)CCn1nnnc1SCC1=C(C(=O)OC(C)(C)C)N2C(=O)C(N)C2SC1. The number of carbonyl (C=O) groups is 3. The Morgan fingerprint density at radius 2 is 1.85 bits per heavy atom. The Balaban J connectivity index is 1.72. The van der Waals surface area contributed by atoms with Gasteiger partial charge in [0.25, 0.3) is 0 Å². The minimum atomic E-state index is -0.704. The van der Waals surface area contributed by atoms with Crippen LogP contribution in [0.1, 0.15) is 48.0 Å². The zero-order valence-electron chi connectivity index (χ0n) is 19.7. The fourth-order valence-electron chi connectivity index (χ4n) is 3.19. The molecule has 182 valence electrons. The van der Waals surface area contributed by atoms with E-state index in [1.54, 1.807) is 20.8 Å². The summed E-state index contributed by atoms with van der Waals surface area (Å²) in [5.74, 6) is -0.277. The number of fused-ring (bicyclic) bond motifs is 1. The van der Waals surface area contributed by atoms with Gasteiger partial charge in [-0.3, -0.25) is 14.5 Å². The third-order valence-corrected chi connectivity index (χ3v) is 6.91. The van der Waals surface area contributed by atoms with Gasteiger partial charge in [0, 0.05) is 11.5 Å². The van der Waals surface area contributed by atoms with Crippen molar-refractivity contribution in [1.82, 2.24) is 25.1 Å². The summed E-state index contributed by atoms with van der Waals surface area (Å²) < 4.78 is 12.4. The molecule has 13 heteroatoms. The highest BCUT2D eigenvalue weighted by atomic mass is 32.2. The molecule has 0 bridgehead atoms. The van der Waals surface area contributed by atoms with Crippen LogP contribution in [0.4, 0.5) is 0 Å². The second-order valence-corrected chi connectivity index (χ2v) is 11.7. The van der Waals surface area contributed by atoms with Crippen LogP contribution in [0.3, 0.4) is 0 Å². The molecule has 0 saturated carbocycles. The number of thioether (sulfide) groups is 2. The van der Waals surface area contributed by atoms with Gasteiger partial charge in [-0.25, -0.2) is 9.48 Å². The lowest BCUT2D eigenvalue weighted by molar-refractivity contribution is -0.158. The minimum absolute atomic E-state index is 0.124. The number of nitrogens with two attached hydrogens (primary N) is 1. The normalized spacial score (nSPS) is 20.9. The van der Waals surface area contributed by atoms with Gasteiger partial charge < -0.3 is 15.2 Å². The van der Waals surface area contributed by atoms with E-state index in [1.165, 1.54) is 33.1 Å². The Bertz CT molecular complexity index is 965. The Morgan fingerprint density at radius 3 is 2.48 bits per heavy atom. The Morgan fingerprint density at radius 1 is 1.18 bits per heavy atom. The summed E-state index contributed by atoms with van der Waals surface area (Å²) >= 11 is 2.83. The van der Waals surface area contributed by atoms with Crippen LogP contribution in [0.2, 0.25) is 0 Å². The number of ether oxygens (including phenoxy) is 2. The Labute approximate surface area is 201 Å². The predicted molar refractivity (Wildman–Crippen MR) is 123 cm³/mol. The molecular formula is C20H30N6O5S2. The highest BCUT2D eigenvalue weighted by molar-refractivity contribution is 8.01. The third kappa shape index (κ3) is 6.27. The monoisotopic (exact) mass is 498 g/mol. The van der Waals surface area contributed by atoms with E-state index in [0.29, 0.717) is 16.7 Å². The van der Waals surface area contributed by atoms with Gasteiger partial charge >= 0.3 is 11.9 Å². The van der Waals surface area contributed by atoms with Gasteiger partial charge in [0.15, 0.2) is 0 Å². The van der Waals surface area contributed by atoms with Crippen LogP contribution in [0.5, 0.6) is 0 Å². The van der Waals surface area contributed by atoms with E-state index >= 15 is 0 Å². The first-order valence-corrected chi connectivity index (χ1v) is 12.6. The van der Waals surface area contributed by atoms with Crippen molar-refractivity contribution in [1.29, 1.82) is 0 Å². The van der Waals surface area contributed by atoms with Crippen molar-refractivity contribution in [2.45, 2.75) is 82.3 Å². The summed E-state index contributed by atoms with van der Waals surface area (Å²) in [7, 11) is 0. The summed E-state index contributed by atoms with van der Waals surface area (Å²) in [6.45, 7) is 11.0. The lowest BCUT2D eigenvalue weighted by Gasteiger charge is -2.48. The van der Waals surface area contributed by atoms with Crippen LogP contribution < -0.4 is 5.73 Å². The molecule has 2 N–H and O–H groups in total. The third-order valence-electron chi connectivity index (χ3n) is 4.50. The van der Waals surface area contributed by atoms with Crippen LogP contribution in [0, 0.1) is 0 Å². The van der Waals surface area contributed by atoms with Crippen molar-refractivity contribution in [3.8, 4) is 0 Å². The molecule has 2 aliphatic rings. The molecule has 0 spiro atoms. The highest BCUT2D eigenvalue weighted by Crippen LogP contribution is 2.41. The first-order valence-electron chi connectivity index (χ1n) is 10.5. The van der Waals surface area contributed by atoms with Crippen molar-refractivity contribution in [3.63, 3.8) is 0 Å². The van der Waals surface area contributed by atoms with Crippen molar-refractivity contribution < 1.29 is 23.9 Å². The Hall–Kier alpha value is -2.12. The first-order chi connectivity index (χ1) is 15.3. The summed E-state index contributed by atoms with van der Waals surface area (Å²) in [5, 5.41) is 11.9. The fourth-order valence-corrected chi connectivity index (χ4v) is 5.52. The maximum Gasteiger partial charge on any atom is 0.355 e. The van der Waals surface area contributed by atoms with Crippen molar-refractivity contribution in [2.75, 3.05) is 11.5 Å². The molecule has 1 fully saturated rings. The number of carbonyl (C=O) groups excluding carboxylic acids is 3. The number of β-lactam (4-membered cyclic amide) rings is 1. The number of aromatic nitrogens is 4.